The number of aliphatic hydroxyl groups is 1. The van der Waals surface area contributed by atoms with Crippen LogP contribution in [0.3, 0.4) is 0 Å². The van der Waals surface area contributed by atoms with E-state index < -0.39 is 0 Å². The summed E-state index contributed by atoms with van der Waals surface area (Å²) in [6.07, 6.45) is 6.70. The number of pyridine rings is 1. The molecule has 0 amide bonds. The fraction of sp³-hybridized carbons (Fsp3) is 0.643. The van der Waals surface area contributed by atoms with Gasteiger partial charge in [-0.1, -0.05) is 24.9 Å². The maximum atomic E-state index is 9.06. The minimum atomic E-state index is -0.00902. The largest absolute Gasteiger partial charge is 0.392 e. The summed E-state index contributed by atoms with van der Waals surface area (Å²) in [7, 11) is 0. The number of halogens is 1. The lowest BCUT2D eigenvalue weighted by Gasteiger charge is -2.23. The Kier molecular flexibility index (Phi) is 4.84. The van der Waals surface area contributed by atoms with Gasteiger partial charge in [-0.2, -0.15) is 0 Å². The SMILES string of the molecule is CCC1CCCN(c2ncc(CO)cc2Cl)CC1. The van der Waals surface area contributed by atoms with E-state index in [-0.39, 0.29) is 6.61 Å². The fourth-order valence-corrected chi connectivity index (χ4v) is 2.88. The zero-order valence-corrected chi connectivity index (χ0v) is 11.7. The van der Waals surface area contributed by atoms with Crippen molar-refractivity contribution in [3.05, 3.63) is 22.8 Å². The molecule has 1 unspecified atom stereocenters. The average molecular weight is 269 g/mol. The predicted molar refractivity (Wildman–Crippen MR) is 75.0 cm³/mol. The van der Waals surface area contributed by atoms with Crippen LogP contribution in [0.15, 0.2) is 12.3 Å². The highest BCUT2D eigenvalue weighted by molar-refractivity contribution is 6.33. The zero-order valence-electron chi connectivity index (χ0n) is 10.9. The van der Waals surface area contributed by atoms with Gasteiger partial charge in [0.05, 0.1) is 11.6 Å². The number of hydrogen-bond acceptors (Lipinski definition) is 3. The maximum absolute atomic E-state index is 9.06. The molecule has 4 heteroatoms. The Labute approximate surface area is 114 Å². The van der Waals surface area contributed by atoms with Crippen molar-refractivity contribution in [2.24, 2.45) is 5.92 Å². The van der Waals surface area contributed by atoms with E-state index in [9.17, 15) is 0 Å². The molecular weight excluding hydrogens is 248 g/mol. The maximum Gasteiger partial charge on any atom is 0.147 e. The monoisotopic (exact) mass is 268 g/mol. The van der Waals surface area contributed by atoms with Crippen molar-refractivity contribution in [1.29, 1.82) is 0 Å². The molecule has 2 rings (SSSR count). The van der Waals surface area contributed by atoms with E-state index in [0.717, 1.165) is 30.4 Å². The van der Waals surface area contributed by atoms with E-state index in [4.69, 9.17) is 16.7 Å². The van der Waals surface area contributed by atoms with E-state index in [2.05, 4.69) is 16.8 Å². The lowest BCUT2D eigenvalue weighted by atomic mass is 9.98. The Morgan fingerprint density at radius 1 is 1.44 bits per heavy atom. The van der Waals surface area contributed by atoms with Crippen LogP contribution < -0.4 is 4.90 Å². The number of anilines is 1. The second kappa shape index (κ2) is 6.39. The van der Waals surface area contributed by atoms with Crippen molar-refractivity contribution in [3.8, 4) is 0 Å². The minimum absolute atomic E-state index is 0.00902. The molecule has 1 saturated heterocycles. The summed E-state index contributed by atoms with van der Waals surface area (Å²) in [4.78, 5) is 6.68. The molecule has 0 aromatic carbocycles. The molecule has 2 heterocycles. The van der Waals surface area contributed by atoms with Gasteiger partial charge < -0.3 is 10.0 Å². The lowest BCUT2D eigenvalue weighted by Crippen LogP contribution is -2.25. The third-order valence-corrected chi connectivity index (χ3v) is 4.06. The molecule has 0 bridgehead atoms. The van der Waals surface area contributed by atoms with Gasteiger partial charge in [0.2, 0.25) is 0 Å². The van der Waals surface area contributed by atoms with Crippen molar-refractivity contribution in [2.75, 3.05) is 18.0 Å². The first kappa shape index (κ1) is 13.6. The highest BCUT2D eigenvalue weighted by Crippen LogP contribution is 2.28. The topological polar surface area (TPSA) is 36.4 Å². The smallest absolute Gasteiger partial charge is 0.147 e. The average Bonchev–Trinajstić information content (AvgIpc) is 2.63. The minimum Gasteiger partial charge on any atom is -0.392 e. The molecular formula is C14H21ClN2O. The van der Waals surface area contributed by atoms with Crippen molar-refractivity contribution in [1.82, 2.24) is 4.98 Å². The summed E-state index contributed by atoms with van der Waals surface area (Å²) >= 11 is 6.25. The van der Waals surface area contributed by atoms with Gasteiger partial charge in [-0.15, -0.1) is 0 Å². The van der Waals surface area contributed by atoms with Crippen LogP contribution in [0.1, 0.15) is 38.2 Å². The van der Waals surface area contributed by atoms with Crippen LogP contribution in [0.5, 0.6) is 0 Å². The first-order valence-electron chi connectivity index (χ1n) is 6.74. The quantitative estimate of drug-likeness (QED) is 0.914. The number of hydrogen-bond donors (Lipinski definition) is 1. The van der Waals surface area contributed by atoms with Gasteiger partial charge in [0, 0.05) is 19.3 Å². The molecule has 1 aromatic rings. The van der Waals surface area contributed by atoms with Crippen LogP contribution in [0.2, 0.25) is 5.02 Å². The van der Waals surface area contributed by atoms with E-state index in [1.165, 1.54) is 25.7 Å². The first-order valence-corrected chi connectivity index (χ1v) is 7.12. The number of nitrogens with zero attached hydrogens (tertiary/aromatic N) is 2. The van der Waals surface area contributed by atoms with Gasteiger partial charge in [-0.25, -0.2) is 4.98 Å². The first-order chi connectivity index (χ1) is 8.74. The van der Waals surface area contributed by atoms with E-state index in [1.807, 2.05) is 6.07 Å². The molecule has 0 spiro atoms. The number of aromatic nitrogens is 1. The third kappa shape index (κ3) is 3.15. The summed E-state index contributed by atoms with van der Waals surface area (Å²) in [6, 6.07) is 1.81. The summed E-state index contributed by atoms with van der Waals surface area (Å²) in [5.74, 6) is 1.70. The molecule has 0 aliphatic carbocycles. The molecule has 1 atom stereocenters. The molecule has 1 N–H and O–H groups in total. The van der Waals surface area contributed by atoms with Crippen molar-refractivity contribution >= 4 is 17.4 Å². The second-order valence-electron chi connectivity index (χ2n) is 5.00. The van der Waals surface area contributed by atoms with Crippen LogP contribution in [-0.2, 0) is 6.61 Å². The normalized spacial score (nSPS) is 20.8. The Hall–Kier alpha value is -0.800. The van der Waals surface area contributed by atoms with Crippen LogP contribution in [0.25, 0.3) is 0 Å². The summed E-state index contributed by atoms with van der Waals surface area (Å²) in [6.45, 7) is 4.32. The fourth-order valence-electron chi connectivity index (χ4n) is 2.57. The number of rotatable bonds is 3. The molecule has 1 aliphatic heterocycles. The number of aliphatic hydroxyl groups excluding tert-OH is 1. The van der Waals surface area contributed by atoms with Gasteiger partial charge in [-0.3, -0.25) is 0 Å². The van der Waals surface area contributed by atoms with Gasteiger partial charge in [-0.05, 0) is 36.8 Å². The molecule has 18 heavy (non-hydrogen) atoms. The van der Waals surface area contributed by atoms with Crippen molar-refractivity contribution in [3.63, 3.8) is 0 Å². The summed E-state index contributed by atoms with van der Waals surface area (Å²) in [5.41, 5.74) is 0.769. The molecule has 3 nitrogen and oxygen atoms in total. The highest BCUT2D eigenvalue weighted by atomic mass is 35.5. The molecule has 100 valence electrons. The van der Waals surface area contributed by atoms with Crippen molar-refractivity contribution < 1.29 is 5.11 Å². The van der Waals surface area contributed by atoms with Gasteiger partial charge in [0.1, 0.15) is 5.82 Å². The van der Waals surface area contributed by atoms with Crippen LogP contribution in [0, 0.1) is 5.92 Å². The Morgan fingerprint density at radius 2 is 2.28 bits per heavy atom. The van der Waals surface area contributed by atoms with E-state index >= 15 is 0 Å². The third-order valence-electron chi connectivity index (χ3n) is 3.79. The van der Waals surface area contributed by atoms with Gasteiger partial charge in [0.15, 0.2) is 0 Å². The van der Waals surface area contributed by atoms with E-state index in [0.29, 0.717) is 5.02 Å². The highest BCUT2D eigenvalue weighted by Gasteiger charge is 2.18. The second-order valence-corrected chi connectivity index (χ2v) is 5.41. The van der Waals surface area contributed by atoms with Gasteiger partial charge in [0.25, 0.3) is 0 Å². The standard InChI is InChI=1S/C14H21ClN2O/c1-2-11-4-3-6-17(7-5-11)14-13(15)8-12(10-18)9-16-14/h8-9,11,18H,2-7,10H2,1H3. The summed E-state index contributed by atoms with van der Waals surface area (Å²) in [5, 5.41) is 9.71. The zero-order chi connectivity index (χ0) is 13.0. The lowest BCUT2D eigenvalue weighted by molar-refractivity contribution is 0.281. The van der Waals surface area contributed by atoms with Crippen molar-refractivity contribution in [2.45, 2.75) is 39.2 Å². The molecule has 1 aliphatic rings. The van der Waals surface area contributed by atoms with Gasteiger partial charge >= 0.3 is 0 Å². The Balaban J connectivity index is 2.11. The predicted octanol–water partition coefficient (Wildman–Crippen LogP) is 3.24. The van der Waals surface area contributed by atoms with Crippen LogP contribution >= 0.6 is 11.6 Å². The van der Waals surface area contributed by atoms with Crippen LogP contribution in [0.4, 0.5) is 5.82 Å². The molecule has 1 aromatic heterocycles. The van der Waals surface area contributed by atoms with Crippen LogP contribution in [-0.4, -0.2) is 23.2 Å². The molecule has 1 fully saturated rings. The molecule has 0 radical (unpaired) electrons. The Morgan fingerprint density at radius 3 is 2.94 bits per heavy atom. The summed E-state index contributed by atoms with van der Waals surface area (Å²) < 4.78 is 0. The Bertz CT molecular complexity index is 397. The van der Waals surface area contributed by atoms with E-state index in [1.54, 1.807) is 6.20 Å². The molecule has 0 saturated carbocycles.